The summed E-state index contributed by atoms with van der Waals surface area (Å²) in [7, 11) is 0. The zero-order valence-corrected chi connectivity index (χ0v) is 7.10. The van der Waals surface area contributed by atoms with Gasteiger partial charge in [0.25, 0.3) is 0 Å². The van der Waals surface area contributed by atoms with Crippen LogP contribution in [-0.4, -0.2) is 11.2 Å². The summed E-state index contributed by atoms with van der Waals surface area (Å²) < 4.78 is 0. The van der Waals surface area contributed by atoms with Crippen LogP contribution in [0.2, 0.25) is 0 Å². The summed E-state index contributed by atoms with van der Waals surface area (Å²) in [5.41, 5.74) is 5.40. The van der Waals surface area contributed by atoms with Gasteiger partial charge in [-0.05, 0) is 36.9 Å². The van der Waals surface area contributed by atoms with Crippen molar-refractivity contribution in [1.29, 1.82) is 0 Å². The molecular weight excluding hydrogens is 156 g/mol. The van der Waals surface area contributed by atoms with E-state index in [4.69, 9.17) is 18.0 Å². The molecule has 2 aliphatic carbocycles. The quantitative estimate of drug-likeness (QED) is 0.449. The summed E-state index contributed by atoms with van der Waals surface area (Å²) in [5.74, 6) is 1.47. The molecule has 2 bridgehead atoms. The van der Waals surface area contributed by atoms with Crippen LogP contribution < -0.4 is 11.1 Å². The Balaban J connectivity index is 1.98. The molecule has 0 spiro atoms. The van der Waals surface area contributed by atoms with Crippen molar-refractivity contribution in [2.24, 2.45) is 17.6 Å². The third kappa shape index (κ3) is 1.25. The fourth-order valence-electron chi connectivity index (χ4n) is 2.13. The average Bonchev–Trinajstić information content (AvgIpc) is 2.45. The first-order valence-electron chi connectivity index (χ1n) is 4.00. The van der Waals surface area contributed by atoms with Crippen LogP contribution in [-0.2, 0) is 0 Å². The fourth-order valence-corrected chi connectivity index (χ4v) is 2.28. The molecule has 0 amide bonds. The maximum Gasteiger partial charge on any atom is 0.163 e. The summed E-state index contributed by atoms with van der Waals surface area (Å²) in [4.78, 5) is 0. The fraction of sp³-hybridized carbons (Fsp3) is 0.625. The molecule has 0 aliphatic heterocycles. The normalized spacial score (nSPS) is 39.5. The summed E-state index contributed by atoms with van der Waals surface area (Å²) in [6.07, 6.45) is 7.09. The van der Waals surface area contributed by atoms with E-state index in [1.165, 1.54) is 12.8 Å². The van der Waals surface area contributed by atoms with Gasteiger partial charge < -0.3 is 11.1 Å². The van der Waals surface area contributed by atoms with E-state index in [1.54, 1.807) is 0 Å². The van der Waals surface area contributed by atoms with Crippen LogP contribution in [0.15, 0.2) is 12.2 Å². The molecule has 0 aromatic carbocycles. The number of allylic oxidation sites excluding steroid dienone is 1. The minimum absolute atomic E-state index is 0.441. The predicted octanol–water partition coefficient (Wildman–Crippen LogP) is 0.784. The molecule has 60 valence electrons. The van der Waals surface area contributed by atoms with Crippen molar-refractivity contribution in [3.05, 3.63) is 12.2 Å². The van der Waals surface area contributed by atoms with Gasteiger partial charge in [-0.25, -0.2) is 0 Å². The molecule has 0 aromatic heterocycles. The molecule has 2 nitrogen and oxygen atoms in total. The Morgan fingerprint density at radius 3 is 2.73 bits per heavy atom. The highest BCUT2D eigenvalue weighted by Gasteiger charge is 2.35. The Labute approximate surface area is 71.8 Å². The van der Waals surface area contributed by atoms with Gasteiger partial charge in [0.1, 0.15) is 0 Å². The summed E-state index contributed by atoms with van der Waals surface area (Å²) in [6.45, 7) is 0. The molecule has 11 heavy (non-hydrogen) atoms. The minimum Gasteiger partial charge on any atom is -0.376 e. The smallest absolute Gasteiger partial charge is 0.163 e. The lowest BCUT2D eigenvalue weighted by atomic mass is 10.0. The van der Waals surface area contributed by atoms with Crippen LogP contribution in [0.25, 0.3) is 0 Å². The van der Waals surface area contributed by atoms with E-state index >= 15 is 0 Å². The summed E-state index contributed by atoms with van der Waals surface area (Å²) in [5, 5.41) is 3.57. The van der Waals surface area contributed by atoms with Gasteiger partial charge in [0.15, 0.2) is 5.11 Å². The molecule has 3 heteroatoms. The van der Waals surface area contributed by atoms with E-state index in [0.29, 0.717) is 17.1 Å². The molecule has 3 atom stereocenters. The van der Waals surface area contributed by atoms with Gasteiger partial charge in [0.05, 0.1) is 0 Å². The number of nitrogens with two attached hydrogens (primary N) is 1. The second-order valence-electron chi connectivity index (χ2n) is 3.40. The number of rotatable bonds is 1. The van der Waals surface area contributed by atoms with Gasteiger partial charge in [-0.1, -0.05) is 12.2 Å². The topological polar surface area (TPSA) is 38.0 Å². The molecule has 0 unspecified atom stereocenters. The zero-order valence-electron chi connectivity index (χ0n) is 6.29. The van der Waals surface area contributed by atoms with Gasteiger partial charge in [-0.15, -0.1) is 0 Å². The zero-order chi connectivity index (χ0) is 7.84. The van der Waals surface area contributed by atoms with Crippen LogP contribution in [0.3, 0.4) is 0 Å². The number of hydrogen-bond donors (Lipinski definition) is 2. The Morgan fingerprint density at radius 1 is 1.45 bits per heavy atom. The van der Waals surface area contributed by atoms with E-state index in [-0.39, 0.29) is 0 Å². The van der Waals surface area contributed by atoms with Crippen molar-refractivity contribution in [2.45, 2.75) is 18.9 Å². The molecule has 0 aromatic rings. The van der Waals surface area contributed by atoms with Gasteiger partial charge >= 0.3 is 0 Å². The van der Waals surface area contributed by atoms with E-state index in [9.17, 15) is 0 Å². The first-order valence-corrected chi connectivity index (χ1v) is 4.41. The highest BCUT2D eigenvalue weighted by molar-refractivity contribution is 7.80. The van der Waals surface area contributed by atoms with E-state index < -0.39 is 0 Å². The second-order valence-corrected chi connectivity index (χ2v) is 3.84. The lowest BCUT2D eigenvalue weighted by Gasteiger charge is -2.19. The van der Waals surface area contributed by atoms with Crippen LogP contribution >= 0.6 is 12.2 Å². The maximum atomic E-state index is 5.40. The first-order chi connectivity index (χ1) is 5.25. The van der Waals surface area contributed by atoms with Gasteiger partial charge in [0, 0.05) is 6.04 Å². The van der Waals surface area contributed by atoms with E-state index in [1.807, 2.05) is 0 Å². The SMILES string of the molecule is NC(=S)N[C@@H]1C[C@@H]2C=C[C@@H]1C2. The minimum atomic E-state index is 0.441. The second kappa shape index (κ2) is 2.48. The molecule has 0 radical (unpaired) electrons. The van der Waals surface area contributed by atoms with Crippen molar-refractivity contribution in [3.8, 4) is 0 Å². The van der Waals surface area contributed by atoms with Crippen LogP contribution in [0.5, 0.6) is 0 Å². The maximum absolute atomic E-state index is 5.40. The van der Waals surface area contributed by atoms with Crippen LogP contribution in [0, 0.1) is 11.8 Å². The van der Waals surface area contributed by atoms with Crippen molar-refractivity contribution in [3.63, 3.8) is 0 Å². The van der Waals surface area contributed by atoms with E-state index in [0.717, 1.165) is 5.92 Å². The highest BCUT2D eigenvalue weighted by atomic mass is 32.1. The average molecular weight is 168 g/mol. The third-order valence-electron chi connectivity index (χ3n) is 2.61. The lowest BCUT2D eigenvalue weighted by molar-refractivity contribution is 0.525. The van der Waals surface area contributed by atoms with Crippen molar-refractivity contribution < 1.29 is 0 Å². The van der Waals surface area contributed by atoms with Crippen molar-refractivity contribution in [2.75, 3.05) is 0 Å². The van der Waals surface area contributed by atoms with E-state index in [2.05, 4.69) is 17.5 Å². The van der Waals surface area contributed by atoms with Crippen molar-refractivity contribution >= 4 is 17.3 Å². The molecular formula is C8H12N2S. The van der Waals surface area contributed by atoms with Gasteiger partial charge in [-0.3, -0.25) is 0 Å². The van der Waals surface area contributed by atoms with Crippen LogP contribution in [0.4, 0.5) is 0 Å². The highest BCUT2D eigenvalue weighted by Crippen LogP contribution is 2.38. The predicted molar refractivity (Wildman–Crippen MR) is 49.1 cm³/mol. The van der Waals surface area contributed by atoms with Crippen LogP contribution in [0.1, 0.15) is 12.8 Å². The Bertz CT molecular complexity index is 212. The Kier molecular flexibility index (Phi) is 1.60. The first kappa shape index (κ1) is 7.10. The largest absolute Gasteiger partial charge is 0.376 e. The standard InChI is InChI=1S/C8H12N2S/c9-8(11)10-7-4-5-1-2-6(7)3-5/h1-2,5-7H,3-4H2,(H3,9,10,11)/t5-,6-,7-/m1/s1. The number of fused-ring (bicyclic) bond motifs is 2. The molecule has 1 saturated carbocycles. The molecule has 1 fully saturated rings. The summed E-state index contributed by atoms with van der Waals surface area (Å²) >= 11 is 4.79. The lowest BCUT2D eigenvalue weighted by Crippen LogP contribution is -2.40. The molecule has 2 aliphatic rings. The monoisotopic (exact) mass is 168 g/mol. The summed E-state index contributed by atoms with van der Waals surface area (Å²) in [6, 6.07) is 0.516. The Morgan fingerprint density at radius 2 is 2.27 bits per heavy atom. The Hall–Kier alpha value is -0.570. The number of nitrogens with one attached hydrogen (secondary N) is 1. The van der Waals surface area contributed by atoms with Gasteiger partial charge in [-0.2, -0.15) is 0 Å². The molecule has 3 N–H and O–H groups in total. The van der Waals surface area contributed by atoms with Crippen molar-refractivity contribution in [1.82, 2.24) is 5.32 Å². The third-order valence-corrected chi connectivity index (χ3v) is 2.72. The molecule has 0 heterocycles. The molecule has 0 saturated heterocycles. The van der Waals surface area contributed by atoms with Gasteiger partial charge in [0.2, 0.25) is 0 Å². The number of hydrogen-bond acceptors (Lipinski definition) is 1. The number of thiocarbonyl (C=S) groups is 1. The molecule has 2 rings (SSSR count).